The van der Waals surface area contributed by atoms with E-state index >= 15 is 4.39 Å². The van der Waals surface area contributed by atoms with E-state index in [1.165, 1.54) is 18.2 Å². The molecule has 0 saturated carbocycles. The number of nitrogens with one attached hydrogen (secondary N) is 3. The molecule has 2 amide bonds. The fraction of sp³-hybridized carbons (Fsp3) is 0.429. The van der Waals surface area contributed by atoms with Crippen LogP contribution in [0.1, 0.15) is 53.5 Å². The second-order valence-electron chi connectivity index (χ2n) is 13.6. The number of piperazine rings is 1. The third-order valence-electron chi connectivity index (χ3n) is 8.49. The summed E-state index contributed by atoms with van der Waals surface area (Å²) in [5.41, 5.74) is 2.71. The van der Waals surface area contributed by atoms with Crippen LogP contribution in [0, 0.1) is 12.7 Å². The van der Waals surface area contributed by atoms with E-state index in [4.69, 9.17) is 4.74 Å². The van der Waals surface area contributed by atoms with Crippen LogP contribution in [-0.2, 0) is 19.4 Å². The van der Waals surface area contributed by atoms with E-state index in [9.17, 15) is 18.0 Å². The lowest BCUT2D eigenvalue weighted by Gasteiger charge is -2.46. The lowest BCUT2D eigenvalue weighted by Crippen LogP contribution is -2.62. The first kappa shape index (κ1) is 35.7. The first-order valence-electron chi connectivity index (χ1n) is 16.2. The van der Waals surface area contributed by atoms with Crippen LogP contribution in [0.25, 0.3) is 22.2 Å². The average molecular weight is 694 g/mol. The minimum absolute atomic E-state index is 0.0674. The third-order valence-corrected chi connectivity index (χ3v) is 9.61. The predicted molar refractivity (Wildman–Crippen MR) is 188 cm³/mol. The van der Waals surface area contributed by atoms with Gasteiger partial charge in [-0.3, -0.25) is 9.69 Å². The molecule has 2 aromatic heterocycles. The van der Waals surface area contributed by atoms with Crippen LogP contribution in [0.4, 0.5) is 26.5 Å². The summed E-state index contributed by atoms with van der Waals surface area (Å²) in [6.45, 7) is 14.4. The van der Waals surface area contributed by atoms with Gasteiger partial charge < -0.3 is 25.3 Å². The lowest BCUT2D eigenvalue weighted by atomic mass is 10.0. The number of halogens is 1. The van der Waals surface area contributed by atoms with Gasteiger partial charge in [0.05, 0.1) is 28.6 Å². The first-order chi connectivity index (χ1) is 23.0. The van der Waals surface area contributed by atoms with Crippen molar-refractivity contribution in [2.75, 3.05) is 30.0 Å². The van der Waals surface area contributed by atoms with Crippen molar-refractivity contribution in [2.45, 2.75) is 83.5 Å². The van der Waals surface area contributed by atoms with Crippen molar-refractivity contribution in [1.82, 2.24) is 24.8 Å². The Balaban J connectivity index is 1.36. The molecule has 4 aromatic rings. The summed E-state index contributed by atoms with van der Waals surface area (Å²) in [5, 5.41) is 6.74. The summed E-state index contributed by atoms with van der Waals surface area (Å²) in [7, 11) is -3.78. The Bertz CT molecular complexity index is 1980. The molecule has 3 unspecified atom stereocenters. The molecule has 0 radical (unpaired) electrons. The van der Waals surface area contributed by atoms with Crippen molar-refractivity contribution in [2.24, 2.45) is 0 Å². The number of hydrogen-bond acceptors (Lipinski definition) is 9. The monoisotopic (exact) mass is 693 g/mol. The zero-order chi connectivity index (χ0) is 35.8. The van der Waals surface area contributed by atoms with Crippen LogP contribution in [0.5, 0.6) is 0 Å². The number of anilines is 3. The van der Waals surface area contributed by atoms with Crippen LogP contribution >= 0.6 is 0 Å². The lowest BCUT2D eigenvalue weighted by molar-refractivity contribution is -0.123. The normalized spacial score (nSPS) is 17.9. The Morgan fingerprint density at radius 2 is 1.76 bits per heavy atom. The number of aromatic nitrogens is 3. The van der Waals surface area contributed by atoms with Gasteiger partial charge in [0.15, 0.2) is 15.7 Å². The molecule has 0 bridgehead atoms. The molecule has 262 valence electrons. The van der Waals surface area contributed by atoms with Gasteiger partial charge in [-0.2, -0.15) is 0 Å². The van der Waals surface area contributed by atoms with Gasteiger partial charge in [0.1, 0.15) is 10.5 Å². The number of sulfone groups is 1. The van der Waals surface area contributed by atoms with E-state index in [1.807, 2.05) is 66.7 Å². The van der Waals surface area contributed by atoms with Crippen molar-refractivity contribution in [1.29, 1.82) is 0 Å². The number of hydrogen-bond donors (Lipinski definition) is 3. The summed E-state index contributed by atoms with van der Waals surface area (Å²) in [6, 6.07) is 8.94. The van der Waals surface area contributed by atoms with Crippen LogP contribution < -0.4 is 10.6 Å². The first-order valence-corrected chi connectivity index (χ1v) is 18.1. The van der Waals surface area contributed by atoms with E-state index in [1.54, 1.807) is 17.3 Å². The van der Waals surface area contributed by atoms with Crippen molar-refractivity contribution >= 4 is 50.1 Å². The number of rotatable bonds is 8. The molecule has 1 fully saturated rings. The smallest absolute Gasteiger partial charge is 0.410 e. The number of benzene rings is 2. The molecule has 2 aromatic carbocycles. The minimum Gasteiger partial charge on any atom is -0.444 e. The Hall–Kier alpha value is -4.56. The number of carbonyl (C=O) groups excluding carboxylic acids is 2. The standard InChI is InChI=1S/C35H44FN7O5S/c1-9-27(42-18-21(3)43(22(4)19-42)34(45)48-35(5,6)7)32(44)39-26-14-10-12-23-24(17-37-31(23)26)30-20(2)16-38-33(41-30)40-25-13-11-15-28(29(25)36)49(8,46)47/h10-17,21-22,27,37H,9,18-19H2,1-8H3,(H,39,44)(H,38,40,41). The average Bonchev–Trinajstić information content (AvgIpc) is 3.43. The SMILES string of the molecule is CCC(C(=O)Nc1cccc2c(-c3nc(Nc4cccc(S(C)(=O)=O)c4F)ncc3C)c[nH]c12)N1CC(C)N(C(=O)OC(C)(C)C)C(C)C1. The summed E-state index contributed by atoms with van der Waals surface area (Å²) >= 11 is 0. The summed E-state index contributed by atoms with van der Waals surface area (Å²) in [4.78, 5) is 42.4. The largest absolute Gasteiger partial charge is 0.444 e. The number of para-hydroxylation sites is 1. The molecule has 1 aliphatic rings. The van der Waals surface area contributed by atoms with Gasteiger partial charge in [-0.25, -0.2) is 27.6 Å². The van der Waals surface area contributed by atoms with Gasteiger partial charge in [-0.15, -0.1) is 0 Å². The van der Waals surface area contributed by atoms with Crippen molar-refractivity contribution in [3.05, 3.63) is 60.2 Å². The van der Waals surface area contributed by atoms with E-state index in [-0.39, 0.29) is 35.7 Å². The van der Waals surface area contributed by atoms with E-state index in [0.29, 0.717) is 36.4 Å². The van der Waals surface area contributed by atoms with Gasteiger partial charge >= 0.3 is 6.09 Å². The summed E-state index contributed by atoms with van der Waals surface area (Å²) < 4.78 is 44.7. The molecule has 0 aliphatic carbocycles. The van der Waals surface area contributed by atoms with Gasteiger partial charge in [0, 0.05) is 54.8 Å². The quantitative estimate of drug-likeness (QED) is 0.194. The van der Waals surface area contributed by atoms with Crippen molar-refractivity contribution < 1.29 is 27.1 Å². The maximum absolute atomic E-state index is 15.0. The molecule has 5 rings (SSSR count). The molecule has 0 spiro atoms. The maximum Gasteiger partial charge on any atom is 0.410 e. The molecular weight excluding hydrogens is 649 g/mol. The molecule has 49 heavy (non-hydrogen) atoms. The fourth-order valence-electron chi connectivity index (χ4n) is 6.36. The number of aryl methyl sites for hydroxylation is 1. The number of fused-ring (bicyclic) bond motifs is 1. The minimum atomic E-state index is -3.78. The molecule has 1 aliphatic heterocycles. The van der Waals surface area contributed by atoms with Crippen LogP contribution in [0.15, 0.2) is 53.7 Å². The second-order valence-corrected chi connectivity index (χ2v) is 15.6. The van der Waals surface area contributed by atoms with E-state index in [0.717, 1.165) is 22.8 Å². The highest BCUT2D eigenvalue weighted by Crippen LogP contribution is 2.34. The number of aromatic amines is 1. The molecule has 12 nitrogen and oxygen atoms in total. The fourth-order valence-corrected chi connectivity index (χ4v) is 7.12. The zero-order valence-electron chi connectivity index (χ0n) is 29.1. The Morgan fingerprint density at radius 1 is 1.10 bits per heavy atom. The van der Waals surface area contributed by atoms with Gasteiger partial charge in [-0.05, 0) is 71.7 Å². The highest BCUT2D eigenvalue weighted by molar-refractivity contribution is 7.90. The Labute approximate surface area is 286 Å². The topological polar surface area (TPSA) is 150 Å². The van der Waals surface area contributed by atoms with Crippen LogP contribution in [0.2, 0.25) is 0 Å². The number of H-pyrrole nitrogens is 1. The summed E-state index contributed by atoms with van der Waals surface area (Å²) in [5.74, 6) is -0.980. The number of ether oxygens (including phenoxy) is 1. The maximum atomic E-state index is 15.0. The van der Waals surface area contributed by atoms with E-state index < -0.39 is 32.2 Å². The highest BCUT2D eigenvalue weighted by atomic mass is 32.2. The number of nitrogens with zero attached hydrogens (tertiary/aromatic N) is 4. The third kappa shape index (κ3) is 7.70. The molecule has 3 atom stereocenters. The molecule has 14 heteroatoms. The zero-order valence-corrected chi connectivity index (χ0v) is 29.9. The number of amides is 2. The molecule has 3 N–H and O–H groups in total. The highest BCUT2D eigenvalue weighted by Gasteiger charge is 2.39. The summed E-state index contributed by atoms with van der Waals surface area (Å²) in [6.07, 6.45) is 4.56. The number of carbonyl (C=O) groups is 2. The van der Waals surface area contributed by atoms with Crippen molar-refractivity contribution in [3.63, 3.8) is 0 Å². The predicted octanol–water partition coefficient (Wildman–Crippen LogP) is 6.27. The van der Waals surface area contributed by atoms with Gasteiger partial charge in [-0.1, -0.05) is 25.1 Å². The van der Waals surface area contributed by atoms with Crippen LogP contribution in [0.3, 0.4) is 0 Å². The molecule has 1 saturated heterocycles. The molecule has 3 heterocycles. The second kappa shape index (κ2) is 13.7. The Kier molecular flexibility index (Phi) is 10.0. The Morgan fingerprint density at radius 3 is 2.39 bits per heavy atom. The van der Waals surface area contributed by atoms with Crippen molar-refractivity contribution in [3.8, 4) is 11.3 Å². The van der Waals surface area contributed by atoms with Gasteiger partial charge in [0.2, 0.25) is 11.9 Å². The molecular formula is C35H44FN7O5S. The van der Waals surface area contributed by atoms with E-state index in [2.05, 4.69) is 30.5 Å². The van der Waals surface area contributed by atoms with Gasteiger partial charge in [0.25, 0.3) is 0 Å². The van der Waals surface area contributed by atoms with Crippen LogP contribution in [-0.4, -0.2) is 88.2 Å².